The van der Waals surface area contributed by atoms with Gasteiger partial charge in [0.05, 0.1) is 17.3 Å². The van der Waals surface area contributed by atoms with Gasteiger partial charge in [-0.25, -0.2) is 0 Å². The first kappa shape index (κ1) is 16.6. The summed E-state index contributed by atoms with van der Waals surface area (Å²) in [6.45, 7) is 4.81. The highest BCUT2D eigenvalue weighted by Crippen LogP contribution is 2.28. The second-order valence-electron chi connectivity index (χ2n) is 4.69. The first-order chi connectivity index (χ1) is 10.5. The number of aryl methyl sites for hydroxylation is 1. The van der Waals surface area contributed by atoms with Crippen molar-refractivity contribution in [3.05, 3.63) is 46.2 Å². The molecule has 0 saturated carbocycles. The zero-order valence-electron chi connectivity index (χ0n) is 12.3. The van der Waals surface area contributed by atoms with E-state index in [4.69, 9.17) is 27.9 Å². The molecule has 0 aliphatic carbocycles. The van der Waals surface area contributed by atoms with E-state index in [-0.39, 0.29) is 5.91 Å². The van der Waals surface area contributed by atoms with Crippen LogP contribution in [0.2, 0.25) is 10.0 Å². The van der Waals surface area contributed by atoms with E-state index < -0.39 is 6.10 Å². The molecule has 5 nitrogen and oxygen atoms in total. The summed E-state index contributed by atoms with van der Waals surface area (Å²) in [4.78, 5) is 12.1. The summed E-state index contributed by atoms with van der Waals surface area (Å²) in [6.07, 6.45) is 1.04. The Morgan fingerprint density at radius 3 is 2.86 bits per heavy atom. The maximum absolute atomic E-state index is 12.1. The molecule has 7 heteroatoms. The Morgan fingerprint density at radius 2 is 2.18 bits per heavy atom. The van der Waals surface area contributed by atoms with E-state index in [1.807, 2.05) is 17.7 Å². The van der Waals surface area contributed by atoms with Crippen LogP contribution in [0.4, 0.5) is 0 Å². The predicted molar refractivity (Wildman–Crippen MR) is 86.3 cm³/mol. The number of nitrogens with zero attached hydrogens (tertiary/aromatic N) is 2. The zero-order valence-corrected chi connectivity index (χ0v) is 13.9. The molecule has 0 aliphatic heterocycles. The van der Waals surface area contributed by atoms with E-state index in [1.165, 1.54) is 0 Å². The van der Waals surface area contributed by atoms with Gasteiger partial charge in [-0.3, -0.25) is 9.48 Å². The normalized spacial score (nSPS) is 12.0. The average Bonchev–Trinajstić information content (AvgIpc) is 2.95. The molecule has 2 rings (SSSR count). The molecule has 0 aliphatic rings. The Balaban J connectivity index is 1.92. The van der Waals surface area contributed by atoms with Crippen molar-refractivity contribution in [2.24, 2.45) is 0 Å². The number of carbonyl (C=O) groups excluding carboxylic acids is 1. The van der Waals surface area contributed by atoms with Gasteiger partial charge in [0.1, 0.15) is 5.75 Å². The number of rotatable bonds is 6. The van der Waals surface area contributed by atoms with Crippen LogP contribution in [0.5, 0.6) is 5.75 Å². The molecule has 118 valence electrons. The lowest BCUT2D eigenvalue weighted by Crippen LogP contribution is -2.36. The van der Waals surface area contributed by atoms with Gasteiger partial charge in [0.15, 0.2) is 6.10 Å². The number of nitrogens with one attached hydrogen (secondary N) is 1. The summed E-state index contributed by atoms with van der Waals surface area (Å²) in [5.74, 6) is 0.196. The summed E-state index contributed by atoms with van der Waals surface area (Å²) in [7, 11) is 0. The molecule has 2 aromatic rings. The van der Waals surface area contributed by atoms with Gasteiger partial charge in [0.25, 0.3) is 5.91 Å². The maximum Gasteiger partial charge on any atom is 0.261 e. The van der Waals surface area contributed by atoms with E-state index in [9.17, 15) is 4.79 Å². The van der Waals surface area contributed by atoms with Crippen LogP contribution in [-0.4, -0.2) is 21.8 Å². The molecule has 1 amide bonds. The molecule has 0 saturated heterocycles. The van der Waals surface area contributed by atoms with Gasteiger partial charge >= 0.3 is 0 Å². The van der Waals surface area contributed by atoms with Crippen molar-refractivity contribution in [1.82, 2.24) is 15.1 Å². The molecule has 22 heavy (non-hydrogen) atoms. The fourth-order valence-corrected chi connectivity index (χ4v) is 2.38. The van der Waals surface area contributed by atoms with Crippen molar-refractivity contribution >= 4 is 29.1 Å². The topological polar surface area (TPSA) is 56.2 Å². The van der Waals surface area contributed by atoms with E-state index in [1.54, 1.807) is 31.3 Å². The van der Waals surface area contributed by atoms with E-state index >= 15 is 0 Å². The first-order valence-corrected chi connectivity index (χ1v) is 7.67. The van der Waals surface area contributed by atoms with Crippen molar-refractivity contribution in [3.8, 4) is 5.75 Å². The molecule has 0 spiro atoms. The number of halogens is 2. The lowest BCUT2D eigenvalue weighted by atomic mass is 10.3. The minimum atomic E-state index is -0.670. The Bertz CT molecular complexity index is 658. The number of aromatic nitrogens is 2. The van der Waals surface area contributed by atoms with Gasteiger partial charge in [0, 0.05) is 17.8 Å². The predicted octanol–water partition coefficient (Wildman–Crippen LogP) is 3.29. The van der Waals surface area contributed by atoms with Gasteiger partial charge in [-0.2, -0.15) is 5.10 Å². The summed E-state index contributed by atoms with van der Waals surface area (Å²) < 4.78 is 7.38. The van der Waals surface area contributed by atoms with Crippen LogP contribution in [0, 0.1) is 0 Å². The second-order valence-corrected chi connectivity index (χ2v) is 5.53. The van der Waals surface area contributed by atoms with Gasteiger partial charge < -0.3 is 10.1 Å². The lowest BCUT2D eigenvalue weighted by molar-refractivity contribution is -0.127. The number of amides is 1. The minimum absolute atomic E-state index is 0.227. The number of hydrogen-bond acceptors (Lipinski definition) is 3. The molecule has 1 N–H and O–H groups in total. The Kier molecular flexibility index (Phi) is 5.69. The second kappa shape index (κ2) is 7.51. The van der Waals surface area contributed by atoms with Crippen molar-refractivity contribution in [2.75, 3.05) is 0 Å². The van der Waals surface area contributed by atoms with Crippen LogP contribution in [0.25, 0.3) is 0 Å². The smallest absolute Gasteiger partial charge is 0.261 e. The van der Waals surface area contributed by atoms with Crippen molar-refractivity contribution in [2.45, 2.75) is 33.0 Å². The molecule has 0 unspecified atom stereocenters. The molecule has 0 radical (unpaired) electrons. The summed E-state index contributed by atoms with van der Waals surface area (Å²) in [6, 6.07) is 6.74. The van der Waals surface area contributed by atoms with Gasteiger partial charge in [-0.1, -0.05) is 23.2 Å². The lowest BCUT2D eigenvalue weighted by Gasteiger charge is -2.16. The Hall–Kier alpha value is -1.72. The highest BCUT2D eigenvalue weighted by molar-refractivity contribution is 6.35. The third kappa shape index (κ3) is 4.15. The molecule has 0 fully saturated rings. The summed E-state index contributed by atoms with van der Waals surface area (Å²) in [5.41, 5.74) is 0.938. The fraction of sp³-hybridized carbons (Fsp3) is 0.333. The largest absolute Gasteiger partial charge is 0.479 e. The van der Waals surface area contributed by atoms with Crippen LogP contribution in [0.1, 0.15) is 19.5 Å². The van der Waals surface area contributed by atoms with Crippen molar-refractivity contribution in [3.63, 3.8) is 0 Å². The van der Waals surface area contributed by atoms with Crippen LogP contribution >= 0.6 is 23.2 Å². The zero-order chi connectivity index (χ0) is 16.1. The summed E-state index contributed by atoms with van der Waals surface area (Å²) >= 11 is 11.8. The van der Waals surface area contributed by atoms with E-state index in [0.717, 1.165) is 12.2 Å². The number of ether oxygens (including phenoxy) is 1. The quantitative estimate of drug-likeness (QED) is 0.876. The number of hydrogen-bond donors (Lipinski definition) is 1. The maximum atomic E-state index is 12.1. The third-order valence-corrected chi connectivity index (χ3v) is 3.65. The highest BCUT2D eigenvalue weighted by atomic mass is 35.5. The van der Waals surface area contributed by atoms with Crippen LogP contribution in [-0.2, 0) is 17.9 Å². The van der Waals surface area contributed by atoms with Crippen LogP contribution in [0.15, 0.2) is 30.5 Å². The molecular weight excluding hydrogens is 325 g/mol. The van der Waals surface area contributed by atoms with Gasteiger partial charge in [-0.15, -0.1) is 0 Å². The number of benzene rings is 1. The Morgan fingerprint density at radius 1 is 1.41 bits per heavy atom. The third-order valence-electron chi connectivity index (χ3n) is 3.11. The number of carbonyl (C=O) groups is 1. The first-order valence-electron chi connectivity index (χ1n) is 6.91. The van der Waals surface area contributed by atoms with Crippen molar-refractivity contribution < 1.29 is 9.53 Å². The van der Waals surface area contributed by atoms with Gasteiger partial charge in [-0.05, 0) is 38.1 Å². The molecule has 1 aromatic carbocycles. The van der Waals surface area contributed by atoms with E-state index in [2.05, 4.69) is 10.4 Å². The average molecular weight is 342 g/mol. The standard InChI is InChI=1S/C15H17Cl2N3O2/c1-3-20-12(6-7-19-20)9-18-15(21)10(2)22-14-5-4-11(16)8-13(14)17/h4-8,10H,3,9H2,1-2H3,(H,18,21)/t10-/m0/s1. The molecular formula is C15H17Cl2N3O2. The van der Waals surface area contributed by atoms with Crippen LogP contribution in [0.3, 0.4) is 0 Å². The van der Waals surface area contributed by atoms with E-state index in [0.29, 0.717) is 22.3 Å². The Labute approximate surface area is 139 Å². The molecule has 1 atom stereocenters. The fourth-order valence-electron chi connectivity index (χ4n) is 1.93. The van der Waals surface area contributed by atoms with Gasteiger partial charge in [0.2, 0.25) is 0 Å². The van der Waals surface area contributed by atoms with Crippen molar-refractivity contribution in [1.29, 1.82) is 0 Å². The molecule has 0 bridgehead atoms. The molecule has 1 aromatic heterocycles. The monoisotopic (exact) mass is 341 g/mol. The SMILES string of the molecule is CCn1nccc1CNC(=O)[C@H](C)Oc1ccc(Cl)cc1Cl. The van der Waals surface area contributed by atoms with Crippen LogP contribution < -0.4 is 10.1 Å². The highest BCUT2D eigenvalue weighted by Gasteiger charge is 2.16. The summed E-state index contributed by atoms with van der Waals surface area (Å²) in [5, 5.41) is 7.85. The molecule has 1 heterocycles. The minimum Gasteiger partial charge on any atom is -0.479 e.